The molecule has 1 aliphatic heterocycles. The fourth-order valence-electron chi connectivity index (χ4n) is 4.07. The van der Waals surface area contributed by atoms with Crippen LogP contribution in [0.4, 0.5) is 16.2 Å². The summed E-state index contributed by atoms with van der Waals surface area (Å²) < 4.78 is 11.6. The number of hydrogen-bond donors (Lipinski definition) is 1. The third kappa shape index (κ3) is 6.45. The lowest BCUT2D eigenvalue weighted by Crippen LogP contribution is -2.54. The molecule has 1 heterocycles. The molecule has 0 aliphatic carbocycles. The molecule has 5 rings (SSSR count). The van der Waals surface area contributed by atoms with Crippen LogP contribution >= 0.6 is 0 Å². The zero-order chi connectivity index (χ0) is 28.8. The van der Waals surface area contributed by atoms with E-state index in [1.54, 1.807) is 60.7 Å². The van der Waals surface area contributed by atoms with Gasteiger partial charge in [0.25, 0.3) is 17.5 Å². The van der Waals surface area contributed by atoms with Gasteiger partial charge in [0.2, 0.25) is 0 Å². The summed E-state index contributed by atoms with van der Waals surface area (Å²) in [6.45, 7) is 0.520. The van der Waals surface area contributed by atoms with Gasteiger partial charge in [-0.05, 0) is 71.3 Å². The molecule has 0 aromatic heterocycles. The smallest absolute Gasteiger partial charge is 0.335 e. The summed E-state index contributed by atoms with van der Waals surface area (Å²) in [5.41, 5.74) is 2.27. The lowest BCUT2D eigenvalue weighted by molar-refractivity contribution is -0.384. The van der Waals surface area contributed by atoms with Crippen LogP contribution in [0.5, 0.6) is 11.5 Å². The summed E-state index contributed by atoms with van der Waals surface area (Å²) in [5, 5.41) is 13.0. The van der Waals surface area contributed by atoms with E-state index in [4.69, 9.17) is 9.47 Å². The van der Waals surface area contributed by atoms with Crippen molar-refractivity contribution in [2.24, 2.45) is 0 Å². The van der Waals surface area contributed by atoms with Crippen molar-refractivity contribution in [3.8, 4) is 11.5 Å². The van der Waals surface area contributed by atoms with Crippen LogP contribution in [0.2, 0.25) is 0 Å². The normalized spacial score (nSPS) is 14.1. The maximum absolute atomic E-state index is 13.3. The second kappa shape index (κ2) is 12.0. The summed E-state index contributed by atoms with van der Waals surface area (Å²) in [7, 11) is 0. The maximum atomic E-state index is 13.3. The summed E-state index contributed by atoms with van der Waals surface area (Å²) in [4.78, 5) is 49.7. The number of anilines is 1. The first kappa shape index (κ1) is 26.8. The summed E-state index contributed by atoms with van der Waals surface area (Å²) >= 11 is 0. The minimum Gasteiger partial charge on any atom is -0.489 e. The fraction of sp³-hybridized carbons (Fsp3) is 0.0645. The van der Waals surface area contributed by atoms with Crippen LogP contribution in [0.25, 0.3) is 6.08 Å². The average molecular weight is 550 g/mol. The molecule has 0 bridgehead atoms. The number of rotatable bonds is 9. The Bertz CT molecular complexity index is 1630. The van der Waals surface area contributed by atoms with E-state index in [-0.39, 0.29) is 23.6 Å². The van der Waals surface area contributed by atoms with Crippen LogP contribution in [0.1, 0.15) is 16.7 Å². The molecule has 0 radical (unpaired) electrons. The first-order chi connectivity index (χ1) is 19.9. The van der Waals surface area contributed by atoms with E-state index < -0.39 is 22.8 Å². The molecule has 1 fully saturated rings. The second-order valence-corrected chi connectivity index (χ2v) is 9.01. The number of nitro benzene ring substituents is 1. The first-order valence-corrected chi connectivity index (χ1v) is 12.5. The van der Waals surface area contributed by atoms with E-state index in [1.807, 2.05) is 30.3 Å². The minimum absolute atomic E-state index is 0.0161. The molecule has 4 amide bonds. The second-order valence-electron chi connectivity index (χ2n) is 9.01. The van der Waals surface area contributed by atoms with Gasteiger partial charge in [-0.3, -0.25) is 25.0 Å². The number of nitro groups is 1. The number of nitrogens with one attached hydrogen (secondary N) is 1. The molecular weight excluding hydrogens is 526 g/mol. The number of amides is 4. The highest BCUT2D eigenvalue weighted by Gasteiger charge is 2.36. The van der Waals surface area contributed by atoms with Crippen molar-refractivity contribution in [1.29, 1.82) is 0 Å². The topological polar surface area (TPSA) is 128 Å². The molecule has 1 aliphatic rings. The summed E-state index contributed by atoms with van der Waals surface area (Å²) in [5.74, 6) is -0.564. The molecular formula is C31H23N3O7. The Morgan fingerprint density at radius 2 is 1.41 bits per heavy atom. The van der Waals surface area contributed by atoms with E-state index in [0.29, 0.717) is 23.7 Å². The number of barbiturate groups is 1. The monoisotopic (exact) mass is 549 g/mol. The van der Waals surface area contributed by atoms with Crippen molar-refractivity contribution in [2.45, 2.75) is 13.2 Å². The van der Waals surface area contributed by atoms with Crippen molar-refractivity contribution in [2.75, 3.05) is 4.90 Å². The molecule has 1 saturated heterocycles. The Hall–Kier alpha value is -5.77. The van der Waals surface area contributed by atoms with E-state index in [1.165, 1.54) is 18.2 Å². The van der Waals surface area contributed by atoms with Gasteiger partial charge in [0.1, 0.15) is 30.3 Å². The van der Waals surface area contributed by atoms with Crippen LogP contribution < -0.4 is 19.7 Å². The number of hydrogen-bond acceptors (Lipinski definition) is 7. The van der Waals surface area contributed by atoms with Crippen molar-refractivity contribution in [1.82, 2.24) is 5.32 Å². The number of carbonyl (C=O) groups is 3. The van der Waals surface area contributed by atoms with Gasteiger partial charge in [0.05, 0.1) is 10.6 Å². The van der Waals surface area contributed by atoms with Crippen molar-refractivity contribution in [3.05, 3.63) is 136 Å². The van der Waals surface area contributed by atoms with Gasteiger partial charge in [-0.15, -0.1) is 0 Å². The molecule has 0 atom stereocenters. The maximum Gasteiger partial charge on any atom is 0.335 e. The number of imide groups is 2. The Kier molecular flexibility index (Phi) is 7.82. The van der Waals surface area contributed by atoms with Crippen molar-refractivity contribution in [3.63, 3.8) is 0 Å². The zero-order valence-electron chi connectivity index (χ0n) is 21.6. The van der Waals surface area contributed by atoms with Crippen LogP contribution in [-0.4, -0.2) is 22.8 Å². The van der Waals surface area contributed by atoms with Crippen molar-refractivity contribution < 1.29 is 28.8 Å². The minimum atomic E-state index is -0.852. The lowest BCUT2D eigenvalue weighted by Gasteiger charge is -2.26. The quantitative estimate of drug-likeness (QED) is 0.128. The molecule has 4 aromatic rings. The molecule has 10 heteroatoms. The highest BCUT2D eigenvalue weighted by molar-refractivity contribution is 6.39. The van der Waals surface area contributed by atoms with E-state index in [0.717, 1.165) is 16.0 Å². The Morgan fingerprint density at radius 1 is 0.756 bits per heavy atom. The van der Waals surface area contributed by atoms with E-state index in [9.17, 15) is 24.5 Å². The van der Waals surface area contributed by atoms with Gasteiger partial charge in [-0.25, -0.2) is 9.69 Å². The summed E-state index contributed by atoms with van der Waals surface area (Å²) in [6.07, 6.45) is 1.38. The number of ether oxygens (including phenoxy) is 2. The molecule has 4 aromatic carbocycles. The highest BCUT2D eigenvalue weighted by atomic mass is 16.6. The van der Waals surface area contributed by atoms with Crippen LogP contribution in [0, 0.1) is 10.1 Å². The fourth-order valence-corrected chi connectivity index (χ4v) is 4.07. The number of nitrogens with zero attached hydrogens (tertiary/aromatic N) is 2. The third-order valence-electron chi connectivity index (χ3n) is 6.17. The molecule has 204 valence electrons. The molecule has 1 N–H and O–H groups in total. The van der Waals surface area contributed by atoms with E-state index in [2.05, 4.69) is 5.32 Å². The largest absolute Gasteiger partial charge is 0.489 e. The standard InChI is InChI=1S/C31H23N3O7/c35-29-28(18-23-7-4-8-27(17-23)41-20-22-9-11-25(12-10-22)34(38)39)30(36)33(31(37)32-29)24-13-15-26(16-14-24)40-19-21-5-2-1-3-6-21/h1-18H,19-20H2,(H,32,35,37)/b28-18-. The predicted octanol–water partition coefficient (Wildman–Crippen LogP) is 5.42. The van der Waals surface area contributed by atoms with Gasteiger partial charge in [0, 0.05) is 12.1 Å². The zero-order valence-corrected chi connectivity index (χ0v) is 21.6. The molecule has 10 nitrogen and oxygen atoms in total. The Morgan fingerprint density at radius 3 is 2.10 bits per heavy atom. The average Bonchev–Trinajstić information content (AvgIpc) is 2.98. The summed E-state index contributed by atoms with van der Waals surface area (Å²) in [6, 6.07) is 27.9. The van der Waals surface area contributed by atoms with E-state index >= 15 is 0 Å². The van der Waals surface area contributed by atoms with Crippen LogP contribution in [-0.2, 0) is 22.8 Å². The van der Waals surface area contributed by atoms with Gasteiger partial charge in [0.15, 0.2) is 0 Å². The molecule has 0 spiro atoms. The predicted molar refractivity (Wildman–Crippen MR) is 150 cm³/mol. The van der Waals surface area contributed by atoms with Crippen LogP contribution in [0.15, 0.2) is 109 Å². The lowest BCUT2D eigenvalue weighted by atomic mass is 10.1. The van der Waals surface area contributed by atoms with Gasteiger partial charge < -0.3 is 9.47 Å². The molecule has 0 unspecified atom stereocenters. The Balaban J connectivity index is 1.28. The van der Waals surface area contributed by atoms with Gasteiger partial charge in [-0.1, -0.05) is 42.5 Å². The highest BCUT2D eigenvalue weighted by Crippen LogP contribution is 2.26. The first-order valence-electron chi connectivity index (χ1n) is 12.5. The number of carbonyl (C=O) groups excluding carboxylic acids is 3. The SMILES string of the molecule is O=C1NC(=O)N(c2ccc(OCc3ccccc3)cc2)C(=O)/C1=C\c1cccc(OCc2ccc([N+](=O)[O-])cc2)c1. The number of benzene rings is 4. The van der Waals surface area contributed by atoms with Crippen LogP contribution in [0.3, 0.4) is 0 Å². The van der Waals surface area contributed by atoms with Gasteiger partial charge in [-0.2, -0.15) is 0 Å². The number of non-ortho nitro benzene ring substituents is 1. The number of urea groups is 1. The third-order valence-corrected chi connectivity index (χ3v) is 6.17. The molecule has 0 saturated carbocycles. The van der Waals surface area contributed by atoms with Gasteiger partial charge >= 0.3 is 6.03 Å². The molecule has 41 heavy (non-hydrogen) atoms. The van der Waals surface area contributed by atoms with Crippen molar-refractivity contribution >= 4 is 35.3 Å². The Labute approximate surface area is 234 Å².